The van der Waals surface area contributed by atoms with Gasteiger partial charge in [0.2, 0.25) is 5.95 Å². The average Bonchev–Trinajstić information content (AvgIpc) is 2.29. The Balaban J connectivity index is 3.16. The van der Waals surface area contributed by atoms with E-state index in [1.807, 2.05) is 20.8 Å². The highest BCUT2D eigenvalue weighted by Crippen LogP contribution is 2.32. The lowest BCUT2D eigenvalue weighted by atomic mass is 9.89. The Kier molecular flexibility index (Phi) is 2.13. The lowest BCUT2D eigenvalue weighted by Crippen LogP contribution is -2.11. The molecule has 0 bridgehead atoms. The van der Waals surface area contributed by atoms with Crippen molar-refractivity contribution in [3.63, 3.8) is 0 Å². The van der Waals surface area contributed by atoms with E-state index in [0.29, 0.717) is 5.75 Å². The maximum atomic E-state index is 13.0. The predicted octanol–water partition coefficient (Wildman–Crippen LogP) is 2.46. The van der Waals surface area contributed by atoms with Gasteiger partial charge in [-0.1, -0.05) is 20.8 Å². The Bertz CT molecular complexity index is 273. The van der Waals surface area contributed by atoms with E-state index in [9.17, 15) is 4.39 Å². The van der Waals surface area contributed by atoms with Gasteiger partial charge < -0.3 is 9.72 Å². The van der Waals surface area contributed by atoms with E-state index in [4.69, 9.17) is 4.74 Å². The number of halogens is 1. The van der Waals surface area contributed by atoms with E-state index in [0.717, 1.165) is 5.56 Å². The van der Waals surface area contributed by atoms with Crippen molar-refractivity contribution in [3.05, 3.63) is 17.7 Å². The molecule has 0 fully saturated rings. The third kappa shape index (κ3) is 1.44. The summed E-state index contributed by atoms with van der Waals surface area (Å²) in [7, 11) is 1.47. The first-order valence-corrected chi connectivity index (χ1v) is 3.88. The van der Waals surface area contributed by atoms with E-state index < -0.39 is 5.95 Å². The first kappa shape index (κ1) is 9.10. The topological polar surface area (TPSA) is 25.0 Å². The molecule has 0 aliphatic rings. The van der Waals surface area contributed by atoms with E-state index in [2.05, 4.69) is 4.98 Å². The summed E-state index contributed by atoms with van der Waals surface area (Å²) in [5, 5.41) is 0. The van der Waals surface area contributed by atoms with Gasteiger partial charge in [-0.15, -0.1) is 0 Å². The molecular weight excluding hydrogens is 157 g/mol. The smallest absolute Gasteiger partial charge is 0.233 e. The monoisotopic (exact) mass is 171 g/mol. The Morgan fingerprint density at radius 2 is 2.00 bits per heavy atom. The molecule has 1 rings (SSSR count). The van der Waals surface area contributed by atoms with E-state index in [1.165, 1.54) is 7.11 Å². The summed E-state index contributed by atoms with van der Waals surface area (Å²) in [6.07, 6.45) is 1.65. The minimum absolute atomic E-state index is 0.0911. The standard InChI is InChI=1S/C9H14FNO/c1-9(2,3)6-5-11-8(10)7(6)12-4/h5,11H,1-4H3. The van der Waals surface area contributed by atoms with Crippen molar-refractivity contribution < 1.29 is 9.13 Å². The predicted molar refractivity (Wildman–Crippen MR) is 46.0 cm³/mol. The number of hydrogen-bond donors (Lipinski definition) is 1. The van der Waals surface area contributed by atoms with Crippen molar-refractivity contribution in [2.45, 2.75) is 26.2 Å². The highest BCUT2D eigenvalue weighted by Gasteiger charge is 2.22. The minimum atomic E-state index is -0.401. The van der Waals surface area contributed by atoms with Crippen LogP contribution >= 0.6 is 0 Å². The van der Waals surface area contributed by atoms with Gasteiger partial charge in [0, 0.05) is 11.8 Å². The summed E-state index contributed by atoms with van der Waals surface area (Å²) in [4.78, 5) is 2.50. The van der Waals surface area contributed by atoms with Crippen LogP contribution in [0, 0.1) is 5.95 Å². The highest BCUT2D eigenvalue weighted by atomic mass is 19.1. The molecule has 0 radical (unpaired) electrons. The highest BCUT2D eigenvalue weighted by molar-refractivity contribution is 5.36. The van der Waals surface area contributed by atoms with Crippen LogP contribution in [0.15, 0.2) is 6.20 Å². The number of ether oxygens (including phenoxy) is 1. The van der Waals surface area contributed by atoms with Gasteiger partial charge in [0.05, 0.1) is 7.11 Å². The fraction of sp³-hybridized carbons (Fsp3) is 0.556. The van der Waals surface area contributed by atoms with Crippen LogP contribution in [0.5, 0.6) is 5.75 Å². The lowest BCUT2D eigenvalue weighted by molar-refractivity contribution is 0.371. The summed E-state index contributed by atoms with van der Waals surface area (Å²) in [5.74, 6) is -0.0788. The van der Waals surface area contributed by atoms with Gasteiger partial charge >= 0.3 is 0 Å². The molecule has 1 N–H and O–H groups in total. The molecule has 0 spiro atoms. The van der Waals surface area contributed by atoms with Gasteiger partial charge in [-0.3, -0.25) is 0 Å². The molecule has 0 saturated carbocycles. The van der Waals surface area contributed by atoms with Gasteiger partial charge in [-0.05, 0) is 5.41 Å². The Labute approximate surface area is 71.7 Å². The van der Waals surface area contributed by atoms with Gasteiger partial charge in [-0.25, -0.2) is 0 Å². The molecule has 0 aliphatic carbocycles. The number of methoxy groups -OCH3 is 1. The Morgan fingerprint density at radius 3 is 2.33 bits per heavy atom. The molecule has 1 aromatic rings. The summed E-state index contributed by atoms with van der Waals surface area (Å²) in [6, 6.07) is 0. The molecule has 0 saturated heterocycles. The number of hydrogen-bond acceptors (Lipinski definition) is 1. The van der Waals surface area contributed by atoms with Gasteiger partial charge in [0.15, 0.2) is 5.75 Å². The van der Waals surface area contributed by atoms with Crippen molar-refractivity contribution in [2.24, 2.45) is 0 Å². The quantitative estimate of drug-likeness (QED) is 0.689. The third-order valence-corrected chi connectivity index (χ3v) is 1.80. The van der Waals surface area contributed by atoms with E-state index in [-0.39, 0.29) is 5.41 Å². The second-order valence-electron chi connectivity index (χ2n) is 3.80. The normalized spacial score (nSPS) is 11.8. The number of H-pyrrole nitrogens is 1. The average molecular weight is 171 g/mol. The Morgan fingerprint density at radius 1 is 1.42 bits per heavy atom. The van der Waals surface area contributed by atoms with Crippen molar-refractivity contribution >= 4 is 0 Å². The van der Waals surface area contributed by atoms with Crippen LogP contribution in [-0.4, -0.2) is 12.1 Å². The molecule has 0 amide bonds. The molecule has 1 heterocycles. The molecular formula is C9H14FNO. The number of aromatic nitrogens is 1. The summed E-state index contributed by atoms with van der Waals surface area (Å²) >= 11 is 0. The van der Waals surface area contributed by atoms with Crippen LogP contribution in [0.1, 0.15) is 26.3 Å². The van der Waals surface area contributed by atoms with Crippen LogP contribution in [0.25, 0.3) is 0 Å². The zero-order valence-electron chi connectivity index (χ0n) is 7.86. The largest absolute Gasteiger partial charge is 0.492 e. The molecule has 68 valence electrons. The second kappa shape index (κ2) is 2.81. The van der Waals surface area contributed by atoms with Gasteiger partial charge in [-0.2, -0.15) is 4.39 Å². The summed E-state index contributed by atoms with van der Waals surface area (Å²) in [6.45, 7) is 6.04. The molecule has 0 atom stereocenters. The van der Waals surface area contributed by atoms with Crippen molar-refractivity contribution in [1.29, 1.82) is 0 Å². The number of aromatic amines is 1. The molecule has 12 heavy (non-hydrogen) atoms. The SMILES string of the molecule is COc1c(C(C)(C)C)c[nH]c1F. The molecule has 0 unspecified atom stereocenters. The Hall–Kier alpha value is -0.990. The van der Waals surface area contributed by atoms with Crippen LogP contribution in [-0.2, 0) is 5.41 Å². The summed E-state index contributed by atoms with van der Waals surface area (Å²) in [5.41, 5.74) is 0.772. The van der Waals surface area contributed by atoms with Crippen molar-refractivity contribution in [2.75, 3.05) is 7.11 Å². The first-order chi connectivity index (χ1) is 5.46. The van der Waals surface area contributed by atoms with Crippen LogP contribution in [0.4, 0.5) is 4.39 Å². The maximum absolute atomic E-state index is 13.0. The van der Waals surface area contributed by atoms with Crippen molar-refractivity contribution in [1.82, 2.24) is 4.98 Å². The molecule has 2 nitrogen and oxygen atoms in total. The molecule has 1 aromatic heterocycles. The van der Waals surface area contributed by atoms with Gasteiger partial charge in [0.25, 0.3) is 0 Å². The van der Waals surface area contributed by atoms with E-state index >= 15 is 0 Å². The third-order valence-electron chi connectivity index (χ3n) is 1.80. The minimum Gasteiger partial charge on any atom is -0.492 e. The zero-order valence-corrected chi connectivity index (χ0v) is 7.86. The van der Waals surface area contributed by atoms with Crippen LogP contribution in [0.3, 0.4) is 0 Å². The number of nitrogens with one attached hydrogen (secondary N) is 1. The maximum Gasteiger partial charge on any atom is 0.233 e. The molecule has 0 aliphatic heterocycles. The first-order valence-electron chi connectivity index (χ1n) is 3.88. The molecule has 3 heteroatoms. The second-order valence-corrected chi connectivity index (χ2v) is 3.80. The molecule has 0 aromatic carbocycles. The number of rotatable bonds is 1. The van der Waals surface area contributed by atoms with Crippen molar-refractivity contribution in [3.8, 4) is 5.75 Å². The zero-order chi connectivity index (χ0) is 9.35. The summed E-state index contributed by atoms with van der Waals surface area (Å²) < 4.78 is 17.9. The van der Waals surface area contributed by atoms with Crippen LogP contribution < -0.4 is 4.74 Å². The fourth-order valence-corrected chi connectivity index (χ4v) is 1.14. The van der Waals surface area contributed by atoms with Crippen LogP contribution in [0.2, 0.25) is 0 Å². The lowest BCUT2D eigenvalue weighted by Gasteiger charge is -2.17. The van der Waals surface area contributed by atoms with E-state index in [1.54, 1.807) is 6.20 Å². The fourth-order valence-electron chi connectivity index (χ4n) is 1.14. The van der Waals surface area contributed by atoms with Gasteiger partial charge in [0.1, 0.15) is 0 Å².